The van der Waals surface area contributed by atoms with Crippen molar-refractivity contribution in [1.29, 1.82) is 0 Å². The van der Waals surface area contributed by atoms with Gasteiger partial charge in [0, 0.05) is 41.5 Å². The van der Waals surface area contributed by atoms with E-state index in [9.17, 15) is 8.42 Å². The topological polar surface area (TPSA) is 98.3 Å². The van der Waals surface area contributed by atoms with Gasteiger partial charge in [-0.25, -0.2) is 8.42 Å². The van der Waals surface area contributed by atoms with Gasteiger partial charge in [0.1, 0.15) is 0 Å². The van der Waals surface area contributed by atoms with E-state index >= 15 is 0 Å². The minimum Gasteiger partial charge on any atom is -0.396 e. The molecule has 3 aromatic rings. The molecule has 1 aromatic carbocycles. The van der Waals surface area contributed by atoms with Gasteiger partial charge in [-0.2, -0.15) is 0 Å². The van der Waals surface area contributed by atoms with E-state index in [2.05, 4.69) is 9.97 Å². The summed E-state index contributed by atoms with van der Waals surface area (Å²) in [5.41, 5.74) is 12.0. The molecule has 33 heavy (non-hydrogen) atoms. The maximum absolute atomic E-state index is 11.8. The van der Waals surface area contributed by atoms with Gasteiger partial charge in [0.25, 0.3) is 0 Å². The summed E-state index contributed by atoms with van der Waals surface area (Å²) in [6.45, 7) is 1.94. The predicted molar refractivity (Wildman–Crippen MR) is 134 cm³/mol. The zero-order valence-corrected chi connectivity index (χ0v) is 19.7. The van der Waals surface area contributed by atoms with Crippen LogP contribution in [0.2, 0.25) is 0 Å². The van der Waals surface area contributed by atoms with E-state index < -0.39 is 9.84 Å². The average Bonchev–Trinajstić information content (AvgIpc) is 3.32. The summed E-state index contributed by atoms with van der Waals surface area (Å²) >= 11 is 0. The molecular weight excluding hydrogens is 432 g/mol. The monoisotopic (exact) mass is 460 g/mol. The molecule has 0 radical (unpaired) electrons. The molecule has 6 nitrogen and oxygen atoms in total. The summed E-state index contributed by atoms with van der Waals surface area (Å²) in [6.07, 6.45) is 9.42. The molecule has 2 heterocycles. The average molecular weight is 461 g/mol. The van der Waals surface area contributed by atoms with Gasteiger partial charge in [0.15, 0.2) is 9.84 Å². The van der Waals surface area contributed by atoms with Gasteiger partial charge >= 0.3 is 0 Å². The second kappa shape index (κ2) is 9.67. The molecule has 0 atom stereocenters. The van der Waals surface area contributed by atoms with Crippen LogP contribution >= 0.6 is 0 Å². The third-order valence-electron chi connectivity index (χ3n) is 5.84. The summed E-state index contributed by atoms with van der Waals surface area (Å²) in [6, 6.07) is 16.7. The van der Waals surface area contributed by atoms with Crippen molar-refractivity contribution in [1.82, 2.24) is 9.97 Å². The Hall–Kier alpha value is -3.32. The molecule has 4 rings (SSSR count). The number of nitrogens with two attached hydrogens (primary N) is 1. The van der Waals surface area contributed by atoms with Gasteiger partial charge in [0.05, 0.1) is 22.0 Å². The predicted octanol–water partition coefficient (Wildman–Crippen LogP) is 4.70. The number of pyridine rings is 2. The van der Waals surface area contributed by atoms with Gasteiger partial charge in [-0.15, -0.1) is 0 Å². The van der Waals surface area contributed by atoms with E-state index in [0.29, 0.717) is 17.4 Å². The van der Waals surface area contributed by atoms with E-state index in [1.54, 1.807) is 30.5 Å². The van der Waals surface area contributed by atoms with E-state index in [1.807, 2.05) is 43.5 Å². The van der Waals surface area contributed by atoms with Crippen LogP contribution in [0.3, 0.4) is 0 Å². The normalized spacial score (nSPS) is 15.7. The Labute approximate surface area is 195 Å². The van der Waals surface area contributed by atoms with Gasteiger partial charge in [0.2, 0.25) is 0 Å². The van der Waals surface area contributed by atoms with Crippen LogP contribution in [-0.2, 0) is 9.84 Å². The lowest BCUT2D eigenvalue weighted by atomic mass is 10.0. The van der Waals surface area contributed by atoms with Crippen LogP contribution in [0, 0.1) is 6.92 Å². The van der Waals surface area contributed by atoms with E-state index in [1.165, 1.54) is 19.1 Å². The summed E-state index contributed by atoms with van der Waals surface area (Å²) in [5, 5.41) is 0. The Morgan fingerprint density at radius 1 is 1.09 bits per heavy atom. The van der Waals surface area contributed by atoms with Crippen LogP contribution in [0.4, 0.5) is 0 Å². The maximum atomic E-state index is 11.8. The van der Waals surface area contributed by atoms with Crippen LogP contribution in [0.1, 0.15) is 42.6 Å². The zero-order valence-electron chi connectivity index (χ0n) is 18.9. The first-order chi connectivity index (χ1) is 15.8. The third-order valence-corrected chi connectivity index (χ3v) is 6.97. The molecular formula is C26H28N4O2S. The second-order valence-corrected chi connectivity index (χ2v) is 10.5. The van der Waals surface area contributed by atoms with Gasteiger partial charge in [-0.05, 0) is 61.7 Å². The number of hydrogen-bond acceptors (Lipinski definition) is 6. The number of sulfone groups is 1. The molecule has 1 fully saturated rings. The maximum Gasteiger partial charge on any atom is 0.175 e. The van der Waals surface area contributed by atoms with Crippen molar-refractivity contribution in [2.75, 3.05) is 6.26 Å². The Balaban J connectivity index is 1.76. The molecule has 0 aliphatic heterocycles. The summed E-state index contributed by atoms with van der Waals surface area (Å²) in [5.74, 6) is 0. The minimum absolute atomic E-state index is 0.279. The molecule has 2 aromatic heterocycles. The van der Waals surface area contributed by atoms with Crippen LogP contribution < -0.4 is 5.73 Å². The largest absolute Gasteiger partial charge is 0.396 e. The van der Waals surface area contributed by atoms with Crippen LogP contribution in [0.15, 0.2) is 70.7 Å². The number of aliphatic imine (C=N–C) groups is 1. The summed E-state index contributed by atoms with van der Waals surface area (Å²) in [7, 11) is -3.25. The fraction of sp³-hybridized carbons (Fsp3) is 0.269. The van der Waals surface area contributed by atoms with Gasteiger partial charge in [-0.1, -0.05) is 31.0 Å². The van der Waals surface area contributed by atoms with Crippen molar-refractivity contribution >= 4 is 27.3 Å². The SMILES string of the molecule is Cc1cccc(C(N)=C(C=NC2CCCC2)c2ccnc(-c3ccc(S(C)(=O)=O)cc3)c2)n1. The smallest absolute Gasteiger partial charge is 0.175 e. The van der Waals surface area contributed by atoms with E-state index in [0.717, 1.165) is 40.9 Å². The van der Waals surface area contributed by atoms with Gasteiger partial charge in [-0.3, -0.25) is 15.0 Å². The Morgan fingerprint density at radius 2 is 1.82 bits per heavy atom. The fourth-order valence-corrected chi connectivity index (χ4v) is 4.62. The van der Waals surface area contributed by atoms with E-state index in [4.69, 9.17) is 10.7 Å². The quantitative estimate of drug-likeness (QED) is 0.538. The van der Waals surface area contributed by atoms with Crippen LogP contribution in [-0.4, -0.2) is 36.9 Å². The Bertz CT molecular complexity index is 1310. The van der Waals surface area contributed by atoms with Crippen molar-refractivity contribution in [3.8, 4) is 11.3 Å². The van der Waals surface area contributed by atoms with Crippen LogP contribution in [0.5, 0.6) is 0 Å². The summed E-state index contributed by atoms with van der Waals surface area (Å²) < 4.78 is 23.6. The Morgan fingerprint density at radius 3 is 2.48 bits per heavy atom. The minimum atomic E-state index is -3.25. The van der Waals surface area contributed by atoms with Crippen molar-refractivity contribution in [2.45, 2.75) is 43.5 Å². The standard InChI is InChI=1S/C26H28N4O2S/c1-18-6-5-9-24(30-18)26(27)23(17-29-21-7-3-4-8-21)20-14-15-28-25(16-20)19-10-12-22(13-11-19)33(2,31)32/h5-6,9-17,21H,3-4,7-8,27H2,1-2H3. The molecule has 1 saturated carbocycles. The van der Waals surface area contributed by atoms with Crippen molar-refractivity contribution in [2.24, 2.45) is 10.7 Å². The fourth-order valence-electron chi connectivity index (χ4n) is 3.99. The highest BCUT2D eigenvalue weighted by Crippen LogP contribution is 2.27. The lowest BCUT2D eigenvalue weighted by Gasteiger charge is -2.12. The first kappa shape index (κ1) is 22.9. The molecule has 0 unspecified atom stereocenters. The molecule has 0 saturated heterocycles. The van der Waals surface area contributed by atoms with E-state index in [-0.39, 0.29) is 4.90 Å². The highest BCUT2D eigenvalue weighted by atomic mass is 32.2. The number of hydrogen-bond donors (Lipinski definition) is 1. The Kier molecular flexibility index (Phi) is 6.70. The first-order valence-corrected chi connectivity index (χ1v) is 12.9. The van der Waals surface area contributed by atoms with Crippen molar-refractivity contribution in [3.63, 3.8) is 0 Å². The van der Waals surface area contributed by atoms with Crippen molar-refractivity contribution < 1.29 is 8.42 Å². The molecule has 1 aliphatic carbocycles. The second-order valence-electron chi connectivity index (χ2n) is 8.43. The molecule has 0 bridgehead atoms. The molecule has 0 amide bonds. The first-order valence-electron chi connectivity index (χ1n) is 11.0. The highest BCUT2D eigenvalue weighted by molar-refractivity contribution is 7.90. The number of aromatic nitrogens is 2. The summed E-state index contributed by atoms with van der Waals surface area (Å²) in [4.78, 5) is 14.2. The number of rotatable bonds is 6. The van der Waals surface area contributed by atoms with Gasteiger partial charge < -0.3 is 5.73 Å². The van der Waals surface area contributed by atoms with Crippen molar-refractivity contribution in [3.05, 3.63) is 77.7 Å². The molecule has 2 N–H and O–H groups in total. The molecule has 1 aliphatic rings. The number of nitrogens with zero attached hydrogens (tertiary/aromatic N) is 3. The third kappa shape index (κ3) is 5.54. The lowest BCUT2D eigenvalue weighted by Crippen LogP contribution is -2.07. The highest BCUT2D eigenvalue weighted by Gasteiger charge is 2.15. The zero-order chi connectivity index (χ0) is 23.4. The van der Waals surface area contributed by atoms with Crippen LogP contribution in [0.25, 0.3) is 22.5 Å². The molecule has 0 spiro atoms. The number of aryl methyl sites for hydroxylation is 1. The number of allylic oxidation sites excluding steroid dienone is 1. The number of benzene rings is 1. The lowest BCUT2D eigenvalue weighted by molar-refractivity contribution is 0.602. The molecule has 170 valence electrons. The molecule has 7 heteroatoms.